The molecule has 3 atom stereocenters. The average Bonchev–Trinajstić information content (AvgIpc) is 2.47. The molecule has 1 heterocycles. The third-order valence-electron chi connectivity index (χ3n) is 4.32. The lowest BCUT2D eigenvalue weighted by molar-refractivity contribution is 0.0686. The Bertz CT molecular complexity index is 448. The smallest absolute Gasteiger partial charge is 0.0686 e. The molecule has 0 bridgehead atoms. The van der Waals surface area contributed by atoms with Crippen LogP contribution in [0.25, 0.3) is 0 Å². The standard InChI is InChI=1S/C17H24N2/c1-5-14(3)19-13-17(4,18-12-16(19)6-2)15-10-8-7-9-11-15/h1,7-11,14,16,18H,6,12-13H2,2-4H3. The summed E-state index contributed by atoms with van der Waals surface area (Å²) in [6, 6.07) is 11.4. The number of nitrogens with zero attached hydrogens (tertiary/aromatic N) is 1. The number of nitrogens with one attached hydrogen (secondary N) is 1. The Morgan fingerprint density at radius 2 is 2.16 bits per heavy atom. The summed E-state index contributed by atoms with van der Waals surface area (Å²) in [6.45, 7) is 8.58. The van der Waals surface area contributed by atoms with Gasteiger partial charge in [-0.15, -0.1) is 6.42 Å². The van der Waals surface area contributed by atoms with E-state index in [0.717, 1.165) is 19.5 Å². The van der Waals surface area contributed by atoms with Gasteiger partial charge in [-0.25, -0.2) is 0 Å². The van der Waals surface area contributed by atoms with E-state index in [2.05, 4.69) is 67.2 Å². The second kappa shape index (κ2) is 5.77. The first-order valence-electron chi connectivity index (χ1n) is 7.13. The highest BCUT2D eigenvalue weighted by Gasteiger charge is 2.37. The maximum absolute atomic E-state index is 5.63. The van der Waals surface area contributed by atoms with E-state index in [4.69, 9.17) is 6.42 Å². The fraction of sp³-hybridized carbons (Fsp3) is 0.529. The number of terminal acetylenes is 1. The Hall–Kier alpha value is -1.30. The molecule has 2 rings (SSSR count). The Kier molecular flexibility index (Phi) is 4.29. The maximum atomic E-state index is 5.63. The molecule has 19 heavy (non-hydrogen) atoms. The van der Waals surface area contributed by atoms with Crippen LogP contribution in [0, 0.1) is 12.3 Å². The molecule has 1 N–H and O–H groups in total. The number of piperazine rings is 1. The number of benzene rings is 1. The SMILES string of the molecule is C#CC(C)N1CC(C)(c2ccccc2)NCC1CC. The Morgan fingerprint density at radius 3 is 2.74 bits per heavy atom. The highest BCUT2D eigenvalue weighted by Crippen LogP contribution is 2.28. The predicted molar refractivity (Wildman–Crippen MR) is 80.9 cm³/mol. The van der Waals surface area contributed by atoms with Gasteiger partial charge in [-0.2, -0.15) is 0 Å². The summed E-state index contributed by atoms with van der Waals surface area (Å²) in [5, 5.41) is 3.71. The predicted octanol–water partition coefficient (Wildman–Crippen LogP) is 2.61. The summed E-state index contributed by atoms with van der Waals surface area (Å²) in [5.41, 5.74) is 1.32. The molecule has 1 aliphatic heterocycles. The van der Waals surface area contributed by atoms with Crippen LogP contribution in [0.5, 0.6) is 0 Å². The van der Waals surface area contributed by atoms with Crippen molar-refractivity contribution < 1.29 is 0 Å². The van der Waals surface area contributed by atoms with Crippen molar-refractivity contribution in [3.05, 3.63) is 35.9 Å². The van der Waals surface area contributed by atoms with Crippen molar-refractivity contribution in [1.29, 1.82) is 0 Å². The van der Waals surface area contributed by atoms with E-state index in [1.165, 1.54) is 5.56 Å². The van der Waals surface area contributed by atoms with Crippen molar-refractivity contribution in [2.75, 3.05) is 13.1 Å². The van der Waals surface area contributed by atoms with Crippen LogP contribution in [0.1, 0.15) is 32.8 Å². The monoisotopic (exact) mass is 256 g/mol. The molecule has 0 aliphatic carbocycles. The van der Waals surface area contributed by atoms with Crippen molar-refractivity contribution in [2.24, 2.45) is 0 Å². The van der Waals surface area contributed by atoms with Crippen molar-refractivity contribution in [3.63, 3.8) is 0 Å². The van der Waals surface area contributed by atoms with Gasteiger partial charge in [-0.1, -0.05) is 43.2 Å². The molecule has 1 saturated heterocycles. The fourth-order valence-corrected chi connectivity index (χ4v) is 2.94. The van der Waals surface area contributed by atoms with Gasteiger partial charge < -0.3 is 5.32 Å². The van der Waals surface area contributed by atoms with Gasteiger partial charge in [0, 0.05) is 19.1 Å². The molecule has 1 aromatic carbocycles. The van der Waals surface area contributed by atoms with Crippen LogP contribution < -0.4 is 5.32 Å². The third kappa shape index (κ3) is 2.83. The zero-order valence-corrected chi connectivity index (χ0v) is 12.2. The molecule has 3 unspecified atom stereocenters. The van der Waals surface area contributed by atoms with Crippen LogP contribution in [0.15, 0.2) is 30.3 Å². The second-order valence-corrected chi connectivity index (χ2v) is 5.66. The van der Waals surface area contributed by atoms with E-state index in [0.29, 0.717) is 6.04 Å². The van der Waals surface area contributed by atoms with Crippen LogP contribution in [0.3, 0.4) is 0 Å². The molecule has 0 aromatic heterocycles. The van der Waals surface area contributed by atoms with Crippen molar-refractivity contribution >= 4 is 0 Å². The first kappa shape index (κ1) is 14.1. The van der Waals surface area contributed by atoms with E-state index in [1.807, 2.05) is 0 Å². The zero-order chi connectivity index (χ0) is 13.9. The molecule has 0 amide bonds. The lowest BCUT2D eigenvalue weighted by Crippen LogP contribution is -2.62. The van der Waals surface area contributed by atoms with Gasteiger partial charge in [-0.3, -0.25) is 4.90 Å². The van der Waals surface area contributed by atoms with Crippen molar-refractivity contribution in [1.82, 2.24) is 10.2 Å². The summed E-state index contributed by atoms with van der Waals surface area (Å²) < 4.78 is 0. The molecular formula is C17H24N2. The average molecular weight is 256 g/mol. The molecule has 2 nitrogen and oxygen atoms in total. The van der Waals surface area contributed by atoms with Gasteiger partial charge in [0.15, 0.2) is 0 Å². The molecule has 2 heteroatoms. The van der Waals surface area contributed by atoms with Gasteiger partial charge in [0.25, 0.3) is 0 Å². The lowest BCUT2D eigenvalue weighted by Gasteiger charge is -2.47. The van der Waals surface area contributed by atoms with Gasteiger partial charge in [-0.05, 0) is 25.8 Å². The van der Waals surface area contributed by atoms with Crippen LogP contribution >= 0.6 is 0 Å². The van der Waals surface area contributed by atoms with Crippen LogP contribution in [0.2, 0.25) is 0 Å². The number of hydrogen-bond acceptors (Lipinski definition) is 2. The minimum absolute atomic E-state index is 0.0158. The largest absolute Gasteiger partial charge is 0.305 e. The van der Waals surface area contributed by atoms with Gasteiger partial charge in [0.05, 0.1) is 11.6 Å². The van der Waals surface area contributed by atoms with Crippen molar-refractivity contribution in [3.8, 4) is 12.3 Å². The molecule has 0 spiro atoms. The number of rotatable bonds is 3. The Labute approximate surface area is 117 Å². The molecule has 102 valence electrons. The van der Waals surface area contributed by atoms with Gasteiger partial charge in [0.1, 0.15) is 0 Å². The minimum Gasteiger partial charge on any atom is -0.305 e. The Morgan fingerprint density at radius 1 is 1.47 bits per heavy atom. The van der Waals surface area contributed by atoms with Crippen molar-refractivity contribution in [2.45, 2.75) is 44.8 Å². The molecular weight excluding hydrogens is 232 g/mol. The van der Waals surface area contributed by atoms with Crippen LogP contribution in [0.4, 0.5) is 0 Å². The zero-order valence-electron chi connectivity index (χ0n) is 12.2. The quantitative estimate of drug-likeness (QED) is 0.836. The second-order valence-electron chi connectivity index (χ2n) is 5.66. The van der Waals surface area contributed by atoms with E-state index < -0.39 is 0 Å². The van der Waals surface area contributed by atoms with Crippen LogP contribution in [-0.4, -0.2) is 30.1 Å². The molecule has 0 radical (unpaired) electrons. The van der Waals surface area contributed by atoms with E-state index in [9.17, 15) is 0 Å². The van der Waals surface area contributed by atoms with E-state index in [1.54, 1.807) is 0 Å². The maximum Gasteiger partial charge on any atom is 0.0686 e. The highest BCUT2D eigenvalue weighted by molar-refractivity contribution is 5.25. The summed E-state index contributed by atoms with van der Waals surface area (Å²) in [6.07, 6.45) is 6.76. The summed E-state index contributed by atoms with van der Waals surface area (Å²) in [4.78, 5) is 2.46. The van der Waals surface area contributed by atoms with E-state index >= 15 is 0 Å². The fourth-order valence-electron chi connectivity index (χ4n) is 2.94. The lowest BCUT2D eigenvalue weighted by atomic mass is 9.87. The van der Waals surface area contributed by atoms with E-state index in [-0.39, 0.29) is 11.6 Å². The first-order valence-corrected chi connectivity index (χ1v) is 7.13. The number of hydrogen-bond donors (Lipinski definition) is 1. The minimum atomic E-state index is -0.0158. The molecule has 1 aromatic rings. The normalized spacial score (nSPS) is 29.7. The molecule has 0 saturated carbocycles. The summed E-state index contributed by atoms with van der Waals surface area (Å²) >= 11 is 0. The molecule has 1 fully saturated rings. The topological polar surface area (TPSA) is 15.3 Å². The molecule has 1 aliphatic rings. The third-order valence-corrected chi connectivity index (χ3v) is 4.32. The van der Waals surface area contributed by atoms with Crippen LogP contribution in [-0.2, 0) is 5.54 Å². The van der Waals surface area contributed by atoms with Gasteiger partial charge >= 0.3 is 0 Å². The first-order chi connectivity index (χ1) is 9.10. The van der Waals surface area contributed by atoms with Gasteiger partial charge in [0.2, 0.25) is 0 Å². The highest BCUT2D eigenvalue weighted by atomic mass is 15.3. The summed E-state index contributed by atoms with van der Waals surface area (Å²) in [5.74, 6) is 2.89. The summed E-state index contributed by atoms with van der Waals surface area (Å²) in [7, 11) is 0. The Balaban J connectivity index is 2.24.